The van der Waals surface area contributed by atoms with Gasteiger partial charge >= 0.3 is 0 Å². The molecule has 0 spiro atoms. The molecule has 0 bridgehead atoms. The van der Waals surface area contributed by atoms with Gasteiger partial charge in [-0.25, -0.2) is 0 Å². The third-order valence-corrected chi connectivity index (χ3v) is 1.97. The summed E-state index contributed by atoms with van der Waals surface area (Å²) in [5.74, 6) is 0. The number of unbranched alkanes of at least 4 members (excludes halogenated alkanes) is 4. The van der Waals surface area contributed by atoms with Crippen molar-refractivity contribution in [3.8, 4) is 0 Å². The maximum Gasteiger partial charge on any atom is 0.0662 e. The highest BCUT2D eigenvalue weighted by atomic mass is 16.3. The van der Waals surface area contributed by atoms with Gasteiger partial charge in [0.2, 0.25) is 0 Å². The van der Waals surface area contributed by atoms with E-state index in [4.69, 9.17) is 10.8 Å². The van der Waals surface area contributed by atoms with E-state index in [0.717, 1.165) is 19.3 Å². The van der Waals surface area contributed by atoms with Gasteiger partial charge in [-0.1, -0.05) is 25.3 Å². The maximum atomic E-state index is 9.12. The molecule has 0 rings (SSSR count). The zero-order valence-corrected chi connectivity index (χ0v) is 7.84. The van der Waals surface area contributed by atoms with E-state index < -0.39 is 0 Å². The first-order valence-corrected chi connectivity index (χ1v) is 4.80. The number of aliphatic hydroxyl groups excluding tert-OH is 1. The molecule has 1 atom stereocenters. The molecule has 0 fully saturated rings. The van der Waals surface area contributed by atoms with E-state index in [9.17, 15) is 0 Å². The van der Waals surface area contributed by atoms with Gasteiger partial charge in [-0.15, -0.1) is 6.58 Å². The molecule has 0 amide bonds. The van der Waals surface area contributed by atoms with Gasteiger partial charge in [0.05, 0.1) is 6.10 Å². The van der Waals surface area contributed by atoms with Crippen molar-refractivity contribution in [1.82, 2.24) is 0 Å². The molecular weight excluding hydrogens is 150 g/mol. The fourth-order valence-corrected chi connectivity index (χ4v) is 1.14. The molecular formula is C10H21NO. The lowest BCUT2D eigenvalue weighted by Gasteiger charge is -2.05. The van der Waals surface area contributed by atoms with Crippen LogP contribution in [0.15, 0.2) is 12.7 Å². The van der Waals surface area contributed by atoms with E-state index in [1.54, 1.807) is 0 Å². The molecule has 2 heteroatoms. The van der Waals surface area contributed by atoms with Gasteiger partial charge in [-0.2, -0.15) is 0 Å². The van der Waals surface area contributed by atoms with Crippen molar-refractivity contribution in [3.05, 3.63) is 12.7 Å². The summed E-state index contributed by atoms with van der Waals surface area (Å²) >= 11 is 0. The zero-order chi connectivity index (χ0) is 9.23. The fraction of sp³-hybridized carbons (Fsp3) is 0.800. The van der Waals surface area contributed by atoms with Crippen LogP contribution in [0.3, 0.4) is 0 Å². The molecule has 0 aliphatic rings. The maximum absolute atomic E-state index is 9.12. The lowest BCUT2D eigenvalue weighted by atomic mass is 10.1. The second kappa shape index (κ2) is 8.75. The van der Waals surface area contributed by atoms with Crippen molar-refractivity contribution < 1.29 is 5.11 Å². The Morgan fingerprint density at radius 3 is 2.50 bits per heavy atom. The van der Waals surface area contributed by atoms with Gasteiger partial charge in [0, 0.05) is 6.54 Å². The van der Waals surface area contributed by atoms with Crippen LogP contribution in [0.4, 0.5) is 0 Å². The smallest absolute Gasteiger partial charge is 0.0662 e. The molecule has 0 aliphatic heterocycles. The van der Waals surface area contributed by atoms with Crippen LogP contribution in [0.25, 0.3) is 0 Å². The predicted molar refractivity (Wildman–Crippen MR) is 53.0 cm³/mol. The Morgan fingerprint density at radius 2 is 1.92 bits per heavy atom. The minimum Gasteiger partial charge on any atom is -0.392 e. The number of aliphatic hydroxyl groups is 1. The number of hydrogen-bond donors (Lipinski definition) is 2. The monoisotopic (exact) mass is 171 g/mol. The van der Waals surface area contributed by atoms with E-state index in [2.05, 4.69) is 6.58 Å². The van der Waals surface area contributed by atoms with Crippen molar-refractivity contribution in [2.24, 2.45) is 5.73 Å². The Labute approximate surface area is 75.5 Å². The van der Waals surface area contributed by atoms with Crippen LogP contribution in [0, 0.1) is 0 Å². The normalized spacial score (nSPS) is 12.8. The standard InChI is InChI=1S/C10H21NO/c1-2-3-4-5-6-7-8-10(12)9-11/h2,10,12H,1,3-9,11H2/t10-/m0/s1. The van der Waals surface area contributed by atoms with Crippen LogP contribution in [0.2, 0.25) is 0 Å². The van der Waals surface area contributed by atoms with E-state index in [1.807, 2.05) is 6.08 Å². The van der Waals surface area contributed by atoms with Crippen molar-refractivity contribution in [2.45, 2.75) is 44.6 Å². The highest BCUT2D eigenvalue weighted by Crippen LogP contribution is 2.06. The Bertz CT molecular complexity index is 104. The molecule has 0 saturated carbocycles. The van der Waals surface area contributed by atoms with E-state index in [0.29, 0.717) is 6.54 Å². The first kappa shape index (κ1) is 11.7. The second-order valence-corrected chi connectivity index (χ2v) is 3.17. The van der Waals surface area contributed by atoms with Gasteiger partial charge < -0.3 is 10.8 Å². The quantitative estimate of drug-likeness (QED) is 0.432. The number of nitrogens with two attached hydrogens (primary N) is 1. The third kappa shape index (κ3) is 7.76. The summed E-state index contributed by atoms with van der Waals surface area (Å²) in [4.78, 5) is 0. The average Bonchev–Trinajstić information content (AvgIpc) is 2.10. The van der Waals surface area contributed by atoms with Crippen LogP contribution in [0.1, 0.15) is 38.5 Å². The van der Waals surface area contributed by atoms with Crippen LogP contribution >= 0.6 is 0 Å². The largest absolute Gasteiger partial charge is 0.392 e. The molecule has 0 saturated heterocycles. The Kier molecular flexibility index (Phi) is 8.51. The van der Waals surface area contributed by atoms with Crippen LogP contribution in [-0.2, 0) is 0 Å². The summed E-state index contributed by atoms with van der Waals surface area (Å²) in [7, 11) is 0. The number of hydrogen-bond acceptors (Lipinski definition) is 2. The Hall–Kier alpha value is -0.340. The number of rotatable bonds is 8. The molecule has 12 heavy (non-hydrogen) atoms. The van der Waals surface area contributed by atoms with Gasteiger partial charge in [-0.05, 0) is 19.3 Å². The van der Waals surface area contributed by atoms with E-state index in [-0.39, 0.29) is 6.10 Å². The summed E-state index contributed by atoms with van der Waals surface area (Å²) in [6, 6.07) is 0. The predicted octanol–water partition coefficient (Wildman–Crippen LogP) is 1.83. The topological polar surface area (TPSA) is 46.2 Å². The lowest BCUT2D eigenvalue weighted by molar-refractivity contribution is 0.168. The summed E-state index contributed by atoms with van der Waals surface area (Å²) < 4.78 is 0. The molecule has 0 aromatic carbocycles. The van der Waals surface area contributed by atoms with Crippen LogP contribution < -0.4 is 5.73 Å². The Morgan fingerprint density at radius 1 is 1.25 bits per heavy atom. The summed E-state index contributed by atoms with van der Waals surface area (Å²) in [5, 5.41) is 9.12. The van der Waals surface area contributed by atoms with Gasteiger partial charge in [0.25, 0.3) is 0 Å². The molecule has 0 aromatic heterocycles. The Balaban J connectivity index is 2.95. The molecule has 0 aliphatic carbocycles. The molecule has 0 radical (unpaired) electrons. The fourth-order valence-electron chi connectivity index (χ4n) is 1.14. The minimum absolute atomic E-state index is 0.288. The molecule has 0 heterocycles. The molecule has 0 aromatic rings. The third-order valence-electron chi connectivity index (χ3n) is 1.97. The summed E-state index contributed by atoms with van der Waals surface area (Å²) in [6.07, 6.45) is 8.38. The summed E-state index contributed by atoms with van der Waals surface area (Å²) in [6.45, 7) is 4.06. The first-order valence-electron chi connectivity index (χ1n) is 4.80. The van der Waals surface area contributed by atoms with Crippen molar-refractivity contribution in [1.29, 1.82) is 0 Å². The van der Waals surface area contributed by atoms with Crippen LogP contribution in [0.5, 0.6) is 0 Å². The average molecular weight is 171 g/mol. The molecule has 0 unspecified atom stereocenters. The lowest BCUT2D eigenvalue weighted by Crippen LogP contribution is -2.19. The highest BCUT2D eigenvalue weighted by Gasteiger charge is 1.99. The molecule has 2 nitrogen and oxygen atoms in total. The van der Waals surface area contributed by atoms with Gasteiger partial charge in [0.1, 0.15) is 0 Å². The first-order chi connectivity index (χ1) is 5.81. The van der Waals surface area contributed by atoms with Crippen molar-refractivity contribution in [2.75, 3.05) is 6.54 Å². The van der Waals surface area contributed by atoms with Crippen molar-refractivity contribution in [3.63, 3.8) is 0 Å². The van der Waals surface area contributed by atoms with E-state index >= 15 is 0 Å². The summed E-state index contributed by atoms with van der Waals surface area (Å²) in [5.41, 5.74) is 5.27. The van der Waals surface area contributed by atoms with Crippen LogP contribution in [-0.4, -0.2) is 17.8 Å². The minimum atomic E-state index is -0.288. The number of allylic oxidation sites excluding steroid dienone is 1. The second-order valence-electron chi connectivity index (χ2n) is 3.17. The van der Waals surface area contributed by atoms with Crippen molar-refractivity contribution >= 4 is 0 Å². The van der Waals surface area contributed by atoms with E-state index in [1.165, 1.54) is 19.3 Å². The van der Waals surface area contributed by atoms with Gasteiger partial charge in [-0.3, -0.25) is 0 Å². The SMILES string of the molecule is C=CCCCCCC[C@H](O)CN. The molecule has 72 valence electrons. The highest BCUT2D eigenvalue weighted by molar-refractivity contribution is 4.65. The zero-order valence-electron chi connectivity index (χ0n) is 7.84. The van der Waals surface area contributed by atoms with Gasteiger partial charge in [0.15, 0.2) is 0 Å². The molecule has 3 N–H and O–H groups in total.